The minimum absolute atomic E-state index is 0.0917. The maximum absolute atomic E-state index is 12.6. The summed E-state index contributed by atoms with van der Waals surface area (Å²) in [6.07, 6.45) is 5.44. The third-order valence-corrected chi connectivity index (χ3v) is 6.97. The summed E-state index contributed by atoms with van der Waals surface area (Å²) in [7, 11) is 0. The first-order chi connectivity index (χ1) is 14.7. The normalized spacial score (nSPS) is 21.8. The molecule has 1 fully saturated rings. The van der Waals surface area contributed by atoms with E-state index in [4.69, 9.17) is 27.9 Å². The number of rotatable bonds is 9. The van der Waals surface area contributed by atoms with Crippen molar-refractivity contribution in [2.24, 2.45) is 11.8 Å². The largest absolute Gasteiger partial charge is 0.454 e. The van der Waals surface area contributed by atoms with E-state index in [9.17, 15) is 14.4 Å². The van der Waals surface area contributed by atoms with Gasteiger partial charge in [0.2, 0.25) is 0 Å². The molecule has 4 atom stereocenters. The fraction of sp³-hybridized carbons (Fsp3) is 0.591. The molecule has 0 radical (unpaired) electrons. The molecule has 1 aromatic rings. The fourth-order valence-electron chi connectivity index (χ4n) is 3.67. The van der Waals surface area contributed by atoms with Gasteiger partial charge in [-0.1, -0.05) is 49.9 Å². The molecule has 1 saturated carbocycles. The first-order valence-electron chi connectivity index (χ1n) is 10.4. The van der Waals surface area contributed by atoms with Gasteiger partial charge >= 0.3 is 5.97 Å². The maximum atomic E-state index is 12.6. The molecular weight excluding hydrogens is 459 g/mol. The summed E-state index contributed by atoms with van der Waals surface area (Å²) in [5.41, 5.74) is 0.214. The van der Waals surface area contributed by atoms with E-state index in [0.717, 1.165) is 19.3 Å². The van der Waals surface area contributed by atoms with Crippen LogP contribution in [0, 0.1) is 11.8 Å². The molecule has 1 aromatic carbocycles. The summed E-state index contributed by atoms with van der Waals surface area (Å²) >= 11 is 13.5. The van der Waals surface area contributed by atoms with Crippen molar-refractivity contribution in [3.63, 3.8) is 0 Å². The van der Waals surface area contributed by atoms with Gasteiger partial charge in [0, 0.05) is 11.1 Å². The van der Waals surface area contributed by atoms with Gasteiger partial charge in [-0.15, -0.1) is 0 Å². The smallest absolute Gasteiger partial charge is 0.329 e. The Balaban J connectivity index is 1.92. The van der Waals surface area contributed by atoms with Crippen LogP contribution in [-0.2, 0) is 14.3 Å². The Kier molecular flexibility index (Phi) is 10.5. The maximum Gasteiger partial charge on any atom is 0.329 e. The molecule has 2 rings (SSSR count). The van der Waals surface area contributed by atoms with E-state index < -0.39 is 17.9 Å². The molecule has 0 heterocycles. The lowest BCUT2D eigenvalue weighted by Gasteiger charge is -2.34. The third kappa shape index (κ3) is 7.88. The third-order valence-electron chi connectivity index (χ3n) is 5.77. The zero-order chi connectivity index (χ0) is 23.0. The SMILES string of the molecule is CSCC[C@H](NC(=O)c1ccc(Cl)cc1Cl)C(=O)OCC(=O)N[C@@H]1CCC[C@H](C)[C@@H]1C. The van der Waals surface area contributed by atoms with E-state index in [0.29, 0.717) is 29.0 Å². The van der Waals surface area contributed by atoms with Crippen LogP contribution in [0.15, 0.2) is 18.2 Å². The zero-order valence-corrected chi connectivity index (χ0v) is 20.4. The van der Waals surface area contributed by atoms with Crippen molar-refractivity contribution in [1.29, 1.82) is 0 Å². The van der Waals surface area contributed by atoms with Gasteiger partial charge in [-0.2, -0.15) is 11.8 Å². The highest BCUT2D eigenvalue weighted by Crippen LogP contribution is 2.29. The van der Waals surface area contributed by atoms with E-state index >= 15 is 0 Å². The number of esters is 1. The second-order valence-corrected chi connectivity index (χ2v) is 9.81. The van der Waals surface area contributed by atoms with Gasteiger partial charge in [0.1, 0.15) is 6.04 Å². The summed E-state index contributed by atoms with van der Waals surface area (Å²) < 4.78 is 5.22. The molecule has 1 aliphatic carbocycles. The van der Waals surface area contributed by atoms with Gasteiger partial charge in [0.25, 0.3) is 11.8 Å². The van der Waals surface area contributed by atoms with E-state index in [1.165, 1.54) is 12.1 Å². The van der Waals surface area contributed by atoms with Crippen molar-refractivity contribution in [3.8, 4) is 0 Å². The molecule has 0 unspecified atom stereocenters. The molecule has 0 saturated heterocycles. The van der Waals surface area contributed by atoms with Crippen LogP contribution in [0.1, 0.15) is 49.9 Å². The summed E-state index contributed by atoms with van der Waals surface area (Å²) in [6.45, 7) is 3.95. The highest BCUT2D eigenvalue weighted by atomic mass is 35.5. The Morgan fingerprint density at radius 1 is 1.23 bits per heavy atom. The average molecular weight is 489 g/mol. The molecule has 1 aliphatic rings. The molecule has 9 heteroatoms. The fourth-order valence-corrected chi connectivity index (χ4v) is 4.63. The van der Waals surface area contributed by atoms with Crippen molar-refractivity contribution in [2.45, 2.75) is 51.6 Å². The number of hydrogen-bond donors (Lipinski definition) is 2. The minimum atomic E-state index is -0.881. The van der Waals surface area contributed by atoms with E-state index in [2.05, 4.69) is 24.5 Å². The molecule has 172 valence electrons. The lowest BCUT2D eigenvalue weighted by molar-refractivity contribution is -0.150. The molecule has 0 spiro atoms. The van der Waals surface area contributed by atoms with Crippen molar-refractivity contribution in [3.05, 3.63) is 33.8 Å². The van der Waals surface area contributed by atoms with Crippen LogP contribution in [0.25, 0.3) is 0 Å². The topological polar surface area (TPSA) is 84.5 Å². The number of amides is 2. The first-order valence-corrected chi connectivity index (χ1v) is 12.6. The summed E-state index contributed by atoms with van der Waals surface area (Å²) in [5, 5.41) is 6.24. The molecule has 2 amide bonds. The zero-order valence-electron chi connectivity index (χ0n) is 18.1. The number of carbonyl (C=O) groups is 3. The van der Waals surface area contributed by atoms with Crippen LogP contribution >= 0.6 is 35.0 Å². The number of carbonyl (C=O) groups excluding carboxylic acids is 3. The average Bonchev–Trinajstić information content (AvgIpc) is 2.72. The lowest BCUT2D eigenvalue weighted by Crippen LogP contribution is -2.46. The van der Waals surface area contributed by atoms with Gasteiger partial charge in [0.15, 0.2) is 6.61 Å². The Morgan fingerprint density at radius 3 is 2.65 bits per heavy atom. The van der Waals surface area contributed by atoms with Crippen LogP contribution in [0.4, 0.5) is 0 Å². The number of ether oxygens (including phenoxy) is 1. The van der Waals surface area contributed by atoms with E-state index in [1.807, 2.05) is 6.26 Å². The van der Waals surface area contributed by atoms with Crippen LogP contribution < -0.4 is 10.6 Å². The second-order valence-electron chi connectivity index (χ2n) is 7.98. The number of hydrogen-bond acceptors (Lipinski definition) is 5. The lowest BCUT2D eigenvalue weighted by atomic mass is 9.78. The monoisotopic (exact) mass is 488 g/mol. The van der Waals surface area contributed by atoms with Crippen LogP contribution in [0.2, 0.25) is 10.0 Å². The molecule has 0 aromatic heterocycles. The molecule has 0 bridgehead atoms. The molecular formula is C22H30Cl2N2O4S. The predicted octanol–water partition coefficient (Wildman–Crippen LogP) is 4.33. The Morgan fingerprint density at radius 2 is 1.97 bits per heavy atom. The number of halogens is 2. The Bertz CT molecular complexity index is 793. The van der Waals surface area contributed by atoms with Gasteiger partial charge in [0.05, 0.1) is 10.6 Å². The molecule has 2 N–H and O–H groups in total. The van der Waals surface area contributed by atoms with Crippen molar-refractivity contribution in [2.75, 3.05) is 18.6 Å². The van der Waals surface area contributed by atoms with Crippen LogP contribution in [0.3, 0.4) is 0 Å². The van der Waals surface area contributed by atoms with Gasteiger partial charge < -0.3 is 15.4 Å². The summed E-state index contributed by atoms with van der Waals surface area (Å²) in [5.74, 6) is 0.0957. The van der Waals surface area contributed by atoms with Gasteiger partial charge in [-0.05, 0) is 54.9 Å². The van der Waals surface area contributed by atoms with Crippen molar-refractivity contribution >= 4 is 52.7 Å². The van der Waals surface area contributed by atoms with E-state index in [-0.39, 0.29) is 29.1 Å². The minimum Gasteiger partial charge on any atom is -0.454 e. The molecule has 6 nitrogen and oxygen atoms in total. The number of thioether (sulfide) groups is 1. The van der Waals surface area contributed by atoms with Crippen molar-refractivity contribution in [1.82, 2.24) is 10.6 Å². The quantitative estimate of drug-likeness (QED) is 0.505. The van der Waals surface area contributed by atoms with Gasteiger partial charge in [-0.3, -0.25) is 9.59 Å². The molecule has 31 heavy (non-hydrogen) atoms. The number of nitrogens with one attached hydrogen (secondary N) is 2. The first kappa shape index (κ1) is 25.8. The Hall–Kier alpha value is -1.44. The second kappa shape index (κ2) is 12.6. The van der Waals surface area contributed by atoms with E-state index in [1.54, 1.807) is 17.8 Å². The standard InChI is InChI=1S/C22H30Cl2N2O4S/c1-13-5-4-6-18(14(13)2)25-20(27)12-30-22(29)19(9-10-31-3)26-21(28)16-8-7-15(23)11-17(16)24/h7-8,11,13-14,18-19H,4-6,9-10,12H2,1-3H3,(H,25,27)(H,26,28)/t13-,14-,18+,19-/m0/s1. The Labute approximate surface area is 198 Å². The highest BCUT2D eigenvalue weighted by molar-refractivity contribution is 7.98. The van der Waals surface area contributed by atoms with Gasteiger partial charge in [-0.25, -0.2) is 4.79 Å². The summed E-state index contributed by atoms with van der Waals surface area (Å²) in [4.78, 5) is 37.5. The highest BCUT2D eigenvalue weighted by Gasteiger charge is 2.29. The van der Waals surface area contributed by atoms with Crippen molar-refractivity contribution < 1.29 is 19.1 Å². The van der Waals surface area contributed by atoms with Crippen LogP contribution in [-0.4, -0.2) is 48.5 Å². The van der Waals surface area contributed by atoms with Crippen LogP contribution in [0.5, 0.6) is 0 Å². The summed E-state index contributed by atoms with van der Waals surface area (Å²) in [6, 6.07) is 3.72. The number of benzene rings is 1. The molecule has 0 aliphatic heterocycles. The predicted molar refractivity (Wildman–Crippen MR) is 126 cm³/mol.